The van der Waals surface area contributed by atoms with Crippen LogP contribution in [0.3, 0.4) is 0 Å². The van der Waals surface area contributed by atoms with Crippen molar-refractivity contribution in [3.63, 3.8) is 0 Å². The van der Waals surface area contributed by atoms with E-state index in [-0.39, 0.29) is 21.5 Å². The van der Waals surface area contributed by atoms with E-state index in [1.54, 1.807) is 4.90 Å². The van der Waals surface area contributed by atoms with Gasteiger partial charge in [-0.3, -0.25) is 0 Å². The fourth-order valence-corrected chi connectivity index (χ4v) is 3.92. The number of hydrogen-bond donors (Lipinski definition) is 0. The molecule has 0 bridgehead atoms. The first kappa shape index (κ1) is 20.6. The zero-order chi connectivity index (χ0) is 18.6. The maximum atomic E-state index is 14.8. The molecule has 0 aromatic heterocycles. The summed E-state index contributed by atoms with van der Waals surface area (Å²) in [5.41, 5.74) is -0.317. The van der Waals surface area contributed by atoms with Crippen molar-refractivity contribution >= 4 is 15.5 Å². The summed E-state index contributed by atoms with van der Waals surface area (Å²) in [6, 6.07) is 2.71. The zero-order valence-electron chi connectivity index (χ0n) is 15.5. The van der Waals surface area contributed by atoms with Gasteiger partial charge in [0.1, 0.15) is 0 Å². The van der Waals surface area contributed by atoms with Crippen LogP contribution in [0.25, 0.3) is 0 Å². The number of rotatable bonds is 6. The molecule has 2 nitrogen and oxygen atoms in total. The van der Waals surface area contributed by atoms with E-state index in [1.165, 1.54) is 32.6 Å². The molecule has 2 rings (SSSR count). The Morgan fingerprint density at radius 3 is 2.48 bits per heavy atom. The van der Waals surface area contributed by atoms with Crippen LogP contribution in [-0.4, -0.2) is 11.9 Å². The van der Waals surface area contributed by atoms with Crippen molar-refractivity contribution in [1.82, 2.24) is 0 Å². The van der Waals surface area contributed by atoms with Crippen LogP contribution in [-0.2, 0) is 25.2 Å². The Morgan fingerprint density at radius 2 is 1.88 bits per heavy atom. The van der Waals surface area contributed by atoms with Crippen molar-refractivity contribution in [2.75, 3.05) is 4.90 Å². The van der Waals surface area contributed by atoms with Gasteiger partial charge >= 0.3 is 162 Å². The first-order valence-electron chi connectivity index (χ1n) is 9.33. The molecule has 1 aromatic carbocycles. The van der Waals surface area contributed by atoms with Crippen LogP contribution in [0.5, 0.6) is 0 Å². The second kappa shape index (κ2) is 8.77. The predicted octanol–water partition coefficient (Wildman–Crippen LogP) is 5.02. The van der Waals surface area contributed by atoms with Crippen molar-refractivity contribution in [2.45, 2.75) is 78.2 Å². The van der Waals surface area contributed by atoms with Gasteiger partial charge in [0.2, 0.25) is 0 Å². The van der Waals surface area contributed by atoms with E-state index in [0.29, 0.717) is 0 Å². The van der Waals surface area contributed by atoms with Crippen LogP contribution < -0.4 is 8.77 Å². The SMILES string of the molecule is CCCCC(C)(C)C(=O)N(c1ccc(F)[c]([Ti])c1F)C1CCCCC1. The number of carbonyl (C=O) groups excluding carboxylic acids is 1. The number of halogens is 2. The van der Waals surface area contributed by atoms with Gasteiger partial charge in [0.15, 0.2) is 0 Å². The third-order valence-corrected chi connectivity index (χ3v) is 5.94. The quantitative estimate of drug-likeness (QED) is 0.631. The number of benzene rings is 1. The van der Waals surface area contributed by atoms with Crippen LogP contribution in [0.15, 0.2) is 12.1 Å². The van der Waals surface area contributed by atoms with Crippen molar-refractivity contribution in [2.24, 2.45) is 5.41 Å². The molecule has 137 valence electrons. The maximum absolute atomic E-state index is 14.8. The summed E-state index contributed by atoms with van der Waals surface area (Å²) in [5.74, 6) is -1.22. The molecule has 5 heteroatoms. The second-order valence-electron chi connectivity index (χ2n) is 7.71. The average Bonchev–Trinajstić information content (AvgIpc) is 2.61. The van der Waals surface area contributed by atoms with Gasteiger partial charge in [-0.2, -0.15) is 0 Å². The molecule has 25 heavy (non-hydrogen) atoms. The first-order chi connectivity index (χ1) is 11.8. The molecule has 1 aliphatic rings. The van der Waals surface area contributed by atoms with E-state index in [9.17, 15) is 13.6 Å². The standard InChI is InChI=1S/C20H28F2NO.Ti/c1-4-5-13-20(2,3)19(24)23(16-9-7-6-8-10-16)18-12-11-15(21)14-17(18)22;/h11-12,16H,4-10,13H2,1-3H3;. The third-order valence-electron chi connectivity index (χ3n) is 5.22. The summed E-state index contributed by atoms with van der Waals surface area (Å²) in [4.78, 5) is 15.0. The van der Waals surface area contributed by atoms with Crippen LogP contribution in [0.4, 0.5) is 14.5 Å². The van der Waals surface area contributed by atoms with Gasteiger partial charge < -0.3 is 0 Å². The zero-order valence-corrected chi connectivity index (χ0v) is 17.1. The Bertz CT molecular complexity index is 612. The molecule has 1 aromatic rings. The van der Waals surface area contributed by atoms with Crippen LogP contribution in [0.2, 0.25) is 0 Å². The van der Waals surface area contributed by atoms with Crippen molar-refractivity contribution in [1.29, 1.82) is 0 Å². The van der Waals surface area contributed by atoms with E-state index in [0.717, 1.165) is 51.4 Å². The fraction of sp³-hybridized carbons (Fsp3) is 0.650. The molecule has 1 amide bonds. The van der Waals surface area contributed by atoms with Gasteiger partial charge in [-0.15, -0.1) is 0 Å². The first-order valence-corrected chi connectivity index (χ1v) is 10.1. The topological polar surface area (TPSA) is 20.3 Å². The van der Waals surface area contributed by atoms with Crippen LogP contribution in [0.1, 0.15) is 72.1 Å². The molecule has 1 saturated carbocycles. The van der Waals surface area contributed by atoms with Gasteiger partial charge in [-0.25, -0.2) is 0 Å². The summed E-state index contributed by atoms with van der Waals surface area (Å²) in [6.45, 7) is 5.98. The monoisotopic (exact) mass is 384 g/mol. The summed E-state index contributed by atoms with van der Waals surface area (Å²) >= 11 is 1.43. The number of carbonyl (C=O) groups is 1. The number of unbranched alkanes of at least 4 members (excludes halogenated alkanes) is 1. The molecule has 0 saturated heterocycles. The van der Waals surface area contributed by atoms with Gasteiger partial charge in [0.25, 0.3) is 0 Å². The Kier molecular flexibility index (Phi) is 7.22. The summed E-state index contributed by atoms with van der Waals surface area (Å²) in [6.07, 6.45) is 7.76. The van der Waals surface area contributed by atoms with E-state index >= 15 is 0 Å². The van der Waals surface area contributed by atoms with Gasteiger partial charge in [-0.1, -0.05) is 0 Å². The van der Waals surface area contributed by atoms with E-state index in [2.05, 4.69) is 6.92 Å². The molecule has 0 spiro atoms. The normalized spacial score (nSPS) is 16.0. The molecular weight excluding hydrogens is 356 g/mol. The molecule has 0 N–H and O–H groups in total. The van der Waals surface area contributed by atoms with Crippen LogP contribution >= 0.6 is 0 Å². The van der Waals surface area contributed by atoms with Gasteiger partial charge in [0.05, 0.1) is 0 Å². The number of hydrogen-bond acceptors (Lipinski definition) is 1. The molecule has 0 heterocycles. The van der Waals surface area contributed by atoms with Crippen molar-refractivity contribution in [3.8, 4) is 0 Å². The van der Waals surface area contributed by atoms with Crippen molar-refractivity contribution < 1.29 is 34.0 Å². The van der Waals surface area contributed by atoms with Crippen LogP contribution in [0, 0.1) is 17.0 Å². The molecule has 0 atom stereocenters. The molecule has 0 radical (unpaired) electrons. The fourth-order valence-electron chi connectivity index (χ4n) is 3.59. The molecule has 1 aliphatic carbocycles. The predicted molar refractivity (Wildman–Crippen MR) is 93.7 cm³/mol. The van der Waals surface area contributed by atoms with Crippen molar-refractivity contribution in [3.05, 3.63) is 23.8 Å². The molecule has 0 aliphatic heterocycles. The van der Waals surface area contributed by atoms with E-state index in [4.69, 9.17) is 0 Å². The van der Waals surface area contributed by atoms with E-state index < -0.39 is 17.0 Å². The Hall–Kier alpha value is -0.736. The van der Waals surface area contributed by atoms with E-state index in [1.807, 2.05) is 13.8 Å². The minimum absolute atomic E-state index is 0.00140. The van der Waals surface area contributed by atoms with Gasteiger partial charge in [0, 0.05) is 0 Å². The molecular formula is C20H28F2NOTi. The molecule has 1 fully saturated rings. The number of amides is 1. The Morgan fingerprint density at radius 1 is 1.24 bits per heavy atom. The average molecular weight is 384 g/mol. The summed E-state index contributed by atoms with van der Waals surface area (Å²) in [5, 5.41) is 0. The summed E-state index contributed by atoms with van der Waals surface area (Å²) in [7, 11) is 0. The van der Waals surface area contributed by atoms with Gasteiger partial charge in [-0.05, 0) is 0 Å². The second-order valence-corrected chi connectivity index (χ2v) is 8.49. The minimum atomic E-state index is -0.606. The third kappa shape index (κ3) is 4.71. The molecule has 0 unspecified atom stereocenters. The number of anilines is 1. The Labute approximate surface area is 161 Å². The Balaban J connectivity index is 2.43. The summed E-state index contributed by atoms with van der Waals surface area (Å²) < 4.78 is 28.5. The number of nitrogens with zero attached hydrogens (tertiary/aromatic N) is 1.